The first kappa shape index (κ1) is 25.2. The molecule has 0 aliphatic carbocycles. The smallest absolute Gasteiger partial charge is 0.243 e. The van der Waals surface area contributed by atoms with Crippen molar-refractivity contribution >= 4 is 23.4 Å². The molecule has 1 aliphatic heterocycles. The molecule has 6 nitrogen and oxygen atoms in total. The maximum atomic E-state index is 13.4. The van der Waals surface area contributed by atoms with Crippen LogP contribution in [0.1, 0.15) is 30.9 Å². The monoisotopic (exact) mass is 471 g/mol. The fraction of sp³-hybridized carbons (Fsp3) is 0.462. The van der Waals surface area contributed by atoms with Gasteiger partial charge in [0.05, 0.1) is 13.2 Å². The van der Waals surface area contributed by atoms with Crippen LogP contribution in [-0.2, 0) is 27.3 Å². The van der Waals surface area contributed by atoms with Crippen molar-refractivity contribution in [3.05, 3.63) is 70.7 Å². The van der Waals surface area contributed by atoms with Crippen molar-refractivity contribution in [3.8, 4) is 0 Å². The lowest BCUT2D eigenvalue weighted by atomic mass is 10.0. The van der Waals surface area contributed by atoms with E-state index < -0.39 is 6.04 Å². The number of rotatable bonds is 11. The standard InChI is InChI=1S/C26H34ClN3O3/c1-2-6-25(31)30(20-22-9-11-23(27)12-10-22)24(19-21-7-4-3-5-8-21)26(32)28-13-14-29-15-17-33-18-16-29/h3-5,7-12,24H,2,6,13-20H2,1H3,(H,28,32)/t24-/m0/s1. The maximum Gasteiger partial charge on any atom is 0.243 e. The van der Waals surface area contributed by atoms with Gasteiger partial charge in [0.2, 0.25) is 11.8 Å². The Morgan fingerprint density at radius 2 is 1.76 bits per heavy atom. The Bertz CT molecular complexity index is 870. The second-order valence-corrected chi connectivity index (χ2v) is 8.79. The largest absolute Gasteiger partial charge is 0.379 e. The van der Waals surface area contributed by atoms with Crippen molar-refractivity contribution < 1.29 is 14.3 Å². The molecule has 0 saturated carbocycles. The van der Waals surface area contributed by atoms with Gasteiger partial charge in [0.25, 0.3) is 0 Å². The molecule has 3 rings (SSSR count). The molecule has 1 atom stereocenters. The summed E-state index contributed by atoms with van der Waals surface area (Å²) in [4.78, 5) is 30.6. The lowest BCUT2D eigenvalue weighted by Crippen LogP contribution is -2.51. The zero-order chi connectivity index (χ0) is 23.5. The third-order valence-corrected chi connectivity index (χ3v) is 6.08. The molecule has 33 heavy (non-hydrogen) atoms. The average Bonchev–Trinajstić information content (AvgIpc) is 2.84. The number of morpholine rings is 1. The molecule has 0 bridgehead atoms. The normalized spacial score (nSPS) is 15.1. The van der Waals surface area contributed by atoms with Crippen molar-refractivity contribution in [2.75, 3.05) is 39.4 Å². The van der Waals surface area contributed by atoms with Crippen LogP contribution in [0.4, 0.5) is 0 Å². The van der Waals surface area contributed by atoms with Crippen molar-refractivity contribution in [1.29, 1.82) is 0 Å². The first-order valence-electron chi connectivity index (χ1n) is 11.7. The Morgan fingerprint density at radius 3 is 2.42 bits per heavy atom. The highest BCUT2D eigenvalue weighted by Crippen LogP contribution is 2.18. The number of amides is 2. The third-order valence-electron chi connectivity index (χ3n) is 5.83. The van der Waals surface area contributed by atoms with E-state index in [1.54, 1.807) is 4.90 Å². The number of carbonyl (C=O) groups excluding carboxylic acids is 2. The Kier molecular flexibility index (Phi) is 10.2. The first-order chi connectivity index (χ1) is 16.1. The number of nitrogens with one attached hydrogen (secondary N) is 1. The molecule has 1 saturated heterocycles. The number of hydrogen-bond acceptors (Lipinski definition) is 4. The number of ether oxygens (including phenoxy) is 1. The summed E-state index contributed by atoms with van der Waals surface area (Å²) >= 11 is 6.05. The van der Waals surface area contributed by atoms with Crippen LogP contribution in [0.2, 0.25) is 5.02 Å². The molecule has 0 aromatic heterocycles. The van der Waals surface area contributed by atoms with E-state index in [-0.39, 0.29) is 11.8 Å². The zero-order valence-corrected chi connectivity index (χ0v) is 20.1. The highest BCUT2D eigenvalue weighted by Gasteiger charge is 2.30. The molecule has 2 aromatic carbocycles. The Morgan fingerprint density at radius 1 is 1.06 bits per heavy atom. The lowest BCUT2D eigenvalue weighted by Gasteiger charge is -2.32. The summed E-state index contributed by atoms with van der Waals surface area (Å²) in [5.74, 6) is -0.137. The Balaban J connectivity index is 1.77. The predicted octanol–water partition coefficient (Wildman–Crippen LogP) is 3.53. The molecule has 0 unspecified atom stereocenters. The van der Waals surface area contributed by atoms with E-state index in [9.17, 15) is 9.59 Å². The lowest BCUT2D eigenvalue weighted by molar-refractivity contribution is -0.141. The van der Waals surface area contributed by atoms with E-state index in [4.69, 9.17) is 16.3 Å². The third kappa shape index (κ3) is 8.14. The molecule has 2 aromatic rings. The van der Waals surface area contributed by atoms with E-state index in [2.05, 4.69) is 10.2 Å². The number of halogens is 1. The minimum absolute atomic E-state index is 0.0169. The van der Waals surface area contributed by atoms with Crippen molar-refractivity contribution in [1.82, 2.24) is 15.1 Å². The highest BCUT2D eigenvalue weighted by atomic mass is 35.5. The van der Waals surface area contributed by atoms with Crippen LogP contribution in [0.5, 0.6) is 0 Å². The van der Waals surface area contributed by atoms with Gasteiger partial charge >= 0.3 is 0 Å². The molecular formula is C26H34ClN3O3. The first-order valence-corrected chi connectivity index (χ1v) is 12.1. The summed E-state index contributed by atoms with van der Waals surface area (Å²) in [6, 6.07) is 16.7. The quantitative estimate of drug-likeness (QED) is 0.544. The fourth-order valence-electron chi connectivity index (χ4n) is 3.98. The molecule has 2 amide bonds. The van der Waals surface area contributed by atoms with Crippen LogP contribution in [0.15, 0.2) is 54.6 Å². The van der Waals surface area contributed by atoms with Gasteiger partial charge in [-0.2, -0.15) is 0 Å². The Hall–Kier alpha value is -2.41. The van der Waals surface area contributed by atoms with E-state index in [0.29, 0.717) is 31.0 Å². The molecule has 1 aliphatic rings. The average molecular weight is 472 g/mol. The number of nitrogens with zero attached hydrogens (tertiary/aromatic N) is 2. The van der Waals surface area contributed by atoms with Crippen molar-refractivity contribution in [2.24, 2.45) is 0 Å². The maximum absolute atomic E-state index is 13.4. The van der Waals surface area contributed by atoms with Gasteiger partial charge in [0, 0.05) is 50.6 Å². The molecule has 1 fully saturated rings. The minimum Gasteiger partial charge on any atom is -0.379 e. The van der Waals surface area contributed by atoms with E-state index in [0.717, 1.165) is 50.4 Å². The summed E-state index contributed by atoms with van der Waals surface area (Å²) in [5.41, 5.74) is 1.97. The number of carbonyl (C=O) groups is 2. The second kappa shape index (κ2) is 13.3. The molecule has 0 radical (unpaired) electrons. The SMILES string of the molecule is CCCC(=O)N(Cc1ccc(Cl)cc1)[C@@H](Cc1ccccc1)C(=O)NCCN1CCOCC1. The van der Waals surface area contributed by atoms with E-state index >= 15 is 0 Å². The zero-order valence-electron chi connectivity index (χ0n) is 19.3. The van der Waals surface area contributed by atoms with Gasteiger partial charge in [-0.05, 0) is 29.7 Å². The molecule has 1 heterocycles. The van der Waals surface area contributed by atoms with E-state index in [1.165, 1.54) is 0 Å². The molecule has 0 spiro atoms. The van der Waals surface area contributed by atoms with Crippen LogP contribution >= 0.6 is 11.6 Å². The minimum atomic E-state index is -0.591. The molecule has 178 valence electrons. The van der Waals surface area contributed by atoms with Gasteiger partial charge in [-0.15, -0.1) is 0 Å². The molecule has 7 heteroatoms. The van der Waals surface area contributed by atoms with Crippen LogP contribution in [0.25, 0.3) is 0 Å². The number of benzene rings is 2. The predicted molar refractivity (Wildman–Crippen MR) is 131 cm³/mol. The van der Waals surface area contributed by atoms with Crippen LogP contribution in [0, 0.1) is 0 Å². The van der Waals surface area contributed by atoms with Gasteiger partial charge in [0.15, 0.2) is 0 Å². The fourth-order valence-corrected chi connectivity index (χ4v) is 4.10. The topological polar surface area (TPSA) is 61.9 Å². The van der Waals surface area contributed by atoms with Crippen LogP contribution in [-0.4, -0.2) is 67.0 Å². The summed E-state index contributed by atoms with van der Waals surface area (Å²) in [5, 5.41) is 3.73. The van der Waals surface area contributed by atoms with Crippen molar-refractivity contribution in [2.45, 2.75) is 38.8 Å². The van der Waals surface area contributed by atoms with Gasteiger partial charge in [-0.1, -0.05) is 61.0 Å². The van der Waals surface area contributed by atoms with Crippen molar-refractivity contribution in [3.63, 3.8) is 0 Å². The van der Waals surface area contributed by atoms with Gasteiger partial charge in [0.1, 0.15) is 6.04 Å². The van der Waals surface area contributed by atoms with Gasteiger partial charge in [-0.3, -0.25) is 14.5 Å². The highest BCUT2D eigenvalue weighted by molar-refractivity contribution is 6.30. The van der Waals surface area contributed by atoms with Crippen LogP contribution in [0.3, 0.4) is 0 Å². The van der Waals surface area contributed by atoms with Gasteiger partial charge < -0.3 is 15.0 Å². The van der Waals surface area contributed by atoms with Crippen LogP contribution < -0.4 is 5.32 Å². The number of hydrogen-bond donors (Lipinski definition) is 1. The Labute approximate surface area is 201 Å². The molecular weight excluding hydrogens is 438 g/mol. The summed E-state index contributed by atoms with van der Waals surface area (Å²) in [6.45, 7) is 6.86. The van der Waals surface area contributed by atoms with Gasteiger partial charge in [-0.25, -0.2) is 0 Å². The second-order valence-electron chi connectivity index (χ2n) is 8.35. The summed E-state index contributed by atoms with van der Waals surface area (Å²) in [6.07, 6.45) is 1.60. The summed E-state index contributed by atoms with van der Waals surface area (Å²) < 4.78 is 5.40. The van der Waals surface area contributed by atoms with E-state index in [1.807, 2.05) is 61.5 Å². The molecule has 1 N–H and O–H groups in total. The summed E-state index contributed by atoms with van der Waals surface area (Å²) in [7, 11) is 0.